The summed E-state index contributed by atoms with van der Waals surface area (Å²) < 4.78 is 7.20. The number of nitrogens with two attached hydrogens (primary N) is 1. The number of hydrogen-bond donors (Lipinski definition) is 4. The van der Waals surface area contributed by atoms with Crippen molar-refractivity contribution in [1.29, 1.82) is 0 Å². The summed E-state index contributed by atoms with van der Waals surface area (Å²) >= 11 is 5.92. The van der Waals surface area contributed by atoms with Gasteiger partial charge in [0.25, 0.3) is 0 Å². The molecule has 4 atom stereocenters. The van der Waals surface area contributed by atoms with E-state index >= 15 is 0 Å². The first-order valence-corrected chi connectivity index (χ1v) is 6.83. The number of aliphatic hydroxyl groups is 3. The Morgan fingerprint density at radius 2 is 2.29 bits per heavy atom. The van der Waals surface area contributed by atoms with E-state index in [2.05, 4.69) is 4.98 Å². The van der Waals surface area contributed by atoms with Crippen LogP contribution in [0, 0.1) is 0 Å². The van der Waals surface area contributed by atoms with Crippen molar-refractivity contribution in [1.82, 2.24) is 9.55 Å². The molecule has 1 aliphatic heterocycles. The number of anilines is 1. The first-order valence-electron chi connectivity index (χ1n) is 6.45. The molecule has 0 bridgehead atoms. The van der Waals surface area contributed by atoms with E-state index in [4.69, 9.17) is 22.1 Å². The number of halogens is 1. The number of rotatable bonds is 2. The highest BCUT2D eigenvalue weighted by atomic mass is 35.5. The fraction of sp³-hybridized carbons (Fsp3) is 0.462. The lowest BCUT2D eigenvalue weighted by atomic mass is 9.96. The van der Waals surface area contributed by atoms with E-state index in [9.17, 15) is 15.3 Å². The van der Waals surface area contributed by atoms with Crippen LogP contribution in [0.15, 0.2) is 18.3 Å². The molecule has 0 aromatic carbocycles. The summed E-state index contributed by atoms with van der Waals surface area (Å²) in [5, 5.41) is 30.7. The molecule has 0 radical (unpaired) electrons. The third kappa shape index (κ3) is 2.09. The van der Waals surface area contributed by atoms with E-state index in [0.29, 0.717) is 10.9 Å². The average Bonchev–Trinajstić information content (AvgIpc) is 2.91. The molecule has 2 aromatic rings. The Labute approximate surface area is 125 Å². The summed E-state index contributed by atoms with van der Waals surface area (Å²) in [6.45, 7) is 1.06. The van der Waals surface area contributed by atoms with Crippen LogP contribution in [0.1, 0.15) is 13.2 Å². The second-order valence-electron chi connectivity index (χ2n) is 5.37. The smallest absolute Gasteiger partial charge is 0.165 e. The molecular weight excluding hydrogens is 298 g/mol. The Bertz CT molecular complexity index is 687. The molecule has 21 heavy (non-hydrogen) atoms. The van der Waals surface area contributed by atoms with E-state index in [1.807, 2.05) is 0 Å². The van der Waals surface area contributed by atoms with Crippen LogP contribution in [0.25, 0.3) is 10.9 Å². The van der Waals surface area contributed by atoms with Crippen molar-refractivity contribution < 1.29 is 20.1 Å². The highest BCUT2D eigenvalue weighted by molar-refractivity contribution is 6.30. The van der Waals surface area contributed by atoms with Gasteiger partial charge in [0, 0.05) is 17.6 Å². The highest BCUT2D eigenvalue weighted by Gasteiger charge is 2.52. The second kappa shape index (κ2) is 4.82. The monoisotopic (exact) mass is 313 g/mol. The molecule has 0 unspecified atom stereocenters. The minimum absolute atomic E-state index is 0.219. The lowest BCUT2D eigenvalue weighted by molar-refractivity contribution is -0.0946. The number of aromatic nitrogens is 2. The van der Waals surface area contributed by atoms with Crippen LogP contribution in [0.3, 0.4) is 0 Å². The first kappa shape index (κ1) is 14.6. The normalized spacial score (nSPS) is 32.9. The fourth-order valence-corrected chi connectivity index (χ4v) is 2.94. The summed E-state index contributed by atoms with van der Waals surface area (Å²) in [6.07, 6.45) is -1.28. The van der Waals surface area contributed by atoms with Gasteiger partial charge in [0.15, 0.2) is 6.23 Å². The third-order valence-corrected chi connectivity index (χ3v) is 4.10. The van der Waals surface area contributed by atoms with E-state index in [1.165, 1.54) is 6.92 Å². The number of ether oxygens (including phenoxy) is 1. The molecule has 7 nitrogen and oxygen atoms in total. The van der Waals surface area contributed by atoms with E-state index in [0.717, 1.165) is 0 Å². The lowest BCUT2D eigenvalue weighted by Gasteiger charge is -2.28. The molecule has 8 heteroatoms. The largest absolute Gasteiger partial charge is 0.394 e. The zero-order chi connectivity index (χ0) is 15.4. The van der Waals surface area contributed by atoms with Crippen molar-refractivity contribution in [3.8, 4) is 0 Å². The zero-order valence-corrected chi connectivity index (χ0v) is 12.0. The Kier molecular flexibility index (Phi) is 3.34. The van der Waals surface area contributed by atoms with E-state index in [1.54, 1.807) is 22.9 Å². The standard InChI is InChI=1S/C13H16ClN3O4/c1-13(20)10(19)8(5-18)21-12(13)17-3-2-6-7(17)4-9(14)16-11(6)15/h2-4,8,10,12,18-20H,5H2,1H3,(H2,15,16)/t8-,10-,12-,13-/m1/s1. The van der Waals surface area contributed by atoms with Gasteiger partial charge in [0.1, 0.15) is 28.8 Å². The Balaban J connectivity index is 2.13. The molecule has 0 spiro atoms. The predicted octanol–water partition coefficient (Wildman–Crippen LogP) is 0.273. The maximum Gasteiger partial charge on any atom is 0.165 e. The summed E-state index contributed by atoms with van der Waals surface area (Å²) in [4.78, 5) is 3.96. The lowest BCUT2D eigenvalue weighted by Crippen LogP contribution is -2.44. The number of nitrogens with zero attached hydrogens (tertiary/aromatic N) is 2. The number of pyridine rings is 1. The Hall–Kier alpha value is -1.38. The zero-order valence-electron chi connectivity index (χ0n) is 11.3. The minimum Gasteiger partial charge on any atom is -0.394 e. The van der Waals surface area contributed by atoms with Gasteiger partial charge >= 0.3 is 0 Å². The van der Waals surface area contributed by atoms with Gasteiger partial charge in [-0.25, -0.2) is 4.98 Å². The topological polar surface area (TPSA) is 114 Å². The minimum atomic E-state index is -1.57. The number of nitrogen functional groups attached to an aromatic ring is 1. The fourth-order valence-electron chi connectivity index (χ4n) is 2.74. The Morgan fingerprint density at radius 1 is 1.57 bits per heavy atom. The van der Waals surface area contributed by atoms with E-state index in [-0.39, 0.29) is 11.0 Å². The van der Waals surface area contributed by atoms with Crippen molar-refractivity contribution >= 4 is 28.3 Å². The molecule has 0 amide bonds. The molecule has 0 aliphatic carbocycles. The van der Waals surface area contributed by atoms with Crippen LogP contribution >= 0.6 is 11.6 Å². The molecule has 1 aliphatic rings. The van der Waals surface area contributed by atoms with Gasteiger partial charge in [-0.15, -0.1) is 0 Å². The van der Waals surface area contributed by atoms with Gasteiger partial charge in [0.05, 0.1) is 12.1 Å². The quantitative estimate of drug-likeness (QED) is 0.592. The van der Waals surface area contributed by atoms with Gasteiger partial charge in [-0.2, -0.15) is 0 Å². The Morgan fingerprint density at radius 3 is 2.90 bits per heavy atom. The van der Waals surface area contributed by atoms with Crippen molar-refractivity contribution in [2.75, 3.05) is 12.3 Å². The molecule has 1 fully saturated rings. The van der Waals surface area contributed by atoms with Crippen LogP contribution in [-0.4, -0.2) is 49.3 Å². The van der Waals surface area contributed by atoms with Crippen LogP contribution in [0.2, 0.25) is 5.15 Å². The first-order chi connectivity index (χ1) is 9.86. The SMILES string of the molecule is C[C@@]1(O)[C@H](O)[C@@H](CO)O[C@H]1n1ccc2c(N)nc(Cl)cc21. The van der Waals surface area contributed by atoms with Crippen LogP contribution < -0.4 is 5.73 Å². The molecule has 1 saturated heterocycles. The summed E-state index contributed by atoms with van der Waals surface area (Å²) in [7, 11) is 0. The summed E-state index contributed by atoms with van der Waals surface area (Å²) in [6, 6.07) is 3.33. The van der Waals surface area contributed by atoms with E-state index < -0.39 is 30.6 Å². The molecule has 5 N–H and O–H groups in total. The van der Waals surface area contributed by atoms with Gasteiger partial charge in [-0.1, -0.05) is 11.6 Å². The number of aliphatic hydroxyl groups excluding tert-OH is 2. The maximum absolute atomic E-state index is 10.5. The van der Waals surface area contributed by atoms with Crippen molar-refractivity contribution in [2.45, 2.75) is 31.0 Å². The third-order valence-electron chi connectivity index (χ3n) is 3.90. The van der Waals surface area contributed by atoms with Gasteiger partial charge < -0.3 is 30.4 Å². The molecule has 114 valence electrons. The van der Waals surface area contributed by atoms with Crippen molar-refractivity contribution in [2.24, 2.45) is 0 Å². The van der Waals surface area contributed by atoms with Gasteiger partial charge in [-0.3, -0.25) is 0 Å². The van der Waals surface area contributed by atoms with Crippen LogP contribution in [0.5, 0.6) is 0 Å². The van der Waals surface area contributed by atoms with Crippen molar-refractivity contribution in [3.63, 3.8) is 0 Å². The van der Waals surface area contributed by atoms with Crippen LogP contribution in [0.4, 0.5) is 5.82 Å². The number of hydrogen-bond acceptors (Lipinski definition) is 6. The predicted molar refractivity (Wildman–Crippen MR) is 76.8 cm³/mol. The molecule has 3 rings (SSSR count). The molecular formula is C13H16ClN3O4. The summed E-state index contributed by atoms with van der Waals surface area (Å²) in [5.41, 5.74) is 4.88. The maximum atomic E-state index is 10.5. The van der Waals surface area contributed by atoms with Gasteiger partial charge in [-0.05, 0) is 13.0 Å². The highest BCUT2D eigenvalue weighted by Crippen LogP contribution is 2.40. The molecule has 0 saturated carbocycles. The van der Waals surface area contributed by atoms with Crippen LogP contribution in [-0.2, 0) is 4.74 Å². The van der Waals surface area contributed by atoms with Gasteiger partial charge in [0.2, 0.25) is 0 Å². The average molecular weight is 314 g/mol. The second-order valence-corrected chi connectivity index (χ2v) is 5.75. The molecule has 2 aromatic heterocycles. The van der Waals surface area contributed by atoms with Crippen molar-refractivity contribution in [3.05, 3.63) is 23.5 Å². The number of fused-ring (bicyclic) bond motifs is 1. The molecule has 3 heterocycles. The summed E-state index contributed by atoms with van der Waals surface area (Å²) in [5.74, 6) is 0.271.